The fraction of sp³-hybridized carbons (Fsp3) is 0.538. The first-order valence-electron chi connectivity index (χ1n) is 6.49. The van der Waals surface area contributed by atoms with Crippen molar-refractivity contribution in [2.75, 3.05) is 25.0 Å². The largest absolute Gasteiger partial charge is 0.376 e. The van der Waals surface area contributed by atoms with E-state index in [1.165, 1.54) is 18.9 Å². The highest BCUT2D eigenvalue weighted by molar-refractivity contribution is 9.10. The predicted molar refractivity (Wildman–Crippen MR) is 79.6 cm³/mol. The summed E-state index contributed by atoms with van der Waals surface area (Å²) in [6.07, 6.45) is 2.51. The third-order valence-electron chi connectivity index (χ3n) is 3.29. The van der Waals surface area contributed by atoms with Crippen molar-refractivity contribution in [3.05, 3.63) is 32.8 Å². The molecule has 19 heavy (non-hydrogen) atoms. The van der Waals surface area contributed by atoms with Gasteiger partial charge in [-0.05, 0) is 45.0 Å². The highest BCUT2D eigenvalue weighted by Gasteiger charge is 2.18. The first-order chi connectivity index (χ1) is 9.06. The van der Waals surface area contributed by atoms with Gasteiger partial charge in [-0.1, -0.05) is 15.9 Å². The summed E-state index contributed by atoms with van der Waals surface area (Å²) in [4.78, 5) is 13.1. The van der Waals surface area contributed by atoms with E-state index in [9.17, 15) is 10.1 Å². The van der Waals surface area contributed by atoms with Crippen molar-refractivity contribution in [2.24, 2.45) is 0 Å². The molecule has 1 fully saturated rings. The summed E-state index contributed by atoms with van der Waals surface area (Å²) in [6, 6.07) is 5.30. The fourth-order valence-corrected chi connectivity index (χ4v) is 2.79. The van der Waals surface area contributed by atoms with Crippen LogP contribution in [0.1, 0.15) is 19.8 Å². The van der Waals surface area contributed by atoms with E-state index < -0.39 is 0 Å². The number of hydrogen-bond donors (Lipinski definition) is 1. The number of nitrogens with zero attached hydrogens (tertiary/aromatic N) is 2. The second-order valence-corrected chi connectivity index (χ2v) is 5.89. The van der Waals surface area contributed by atoms with Crippen LogP contribution in [0.3, 0.4) is 0 Å². The lowest BCUT2D eigenvalue weighted by Gasteiger charge is -2.22. The molecule has 1 N–H and O–H groups in total. The van der Waals surface area contributed by atoms with Gasteiger partial charge in [-0.15, -0.1) is 0 Å². The minimum absolute atomic E-state index is 0.114. The van der Waals surface area contributed by atoms with Crippen molar-refractivity contribution >= 4 is 27.3 Å². The van der Waals surface area contributed by atoms with Gasteiger partial charge < -0.3 is 10.2 Å². The van der Waals surface area contributed by atoms with Gasteiger partial charge in [-0.25, -0.2) is 0 Å². The average molecular weight is 328 g/mol. The third-order valence-corrected chi connectivity index (χ3v) is 3.78. The Bertz CT molecular complexity index is 461. The van der Waals surface area contributed by atoms with Crippen LogP contribution in [0.5, 0.6) is 0 Å². The lowest BCUT2D eigenvalue weighted by Crippen LogP contribution is -2.33. The fourth-order valence-electron chi connectivity index (χ4n) is 2.44. The third kappa shape index (κ3) is 3.91. The Morgan fingerprint density at radius 3 is 2.79 bits per heavy atom. The van der Waals surface area contributed by atoms with Gasteiger partial charge in [0.05, 0.1) is 4.92 Å². The van der Waals surface area contributed by atoms with E-state index in [2.05, 4.69) is 33.1 Å². The van der Waals surface area contributed by atoms with E-state index in [4.69, 9.17) is 0 Å². The van der Waals surface area contributed by atoms with E-state index in [-0.39, 0.29) is 16.7 Å². The Balaban J connectivity index is 2.03. The van der Waals surface area contributed by atoms with E-state index in [1.807, 2.05) is 6.07 Å². The Kier molecular flexibility index (Phi) is 4.76. The van der Waals surface area contributed by atoms with Gasteiger partial charge in [0, 0.05) is 23.1 Å². The monoisotopic (exact) mass is 327 g/mol. The number of nitrogens with one attached hydrogen (secondary N) is 1. The van der Waals surface area contributed by atoms with Crippen molar-refractivity contribution in [3.63, 3.8) is 0 Å². The minimum atomic E-state index is -0.352. The van der Waals surface area contributed by atoms with E-state index in [0.29, 0.717) is 5.69 Å². The molecule has 0 aliphatic carbocycles. The van der Waals surface area contributed by atoms with Crippen molar-refractivity contribution < 1.29 is 4.92 Å². The molecule has 1 saturated heterocycles. The Labute approximate surface area is 121 Å². The zero-order valence-corrected chi connectivity index (χ0v) is 12.5. The molecule has 2 rings (SSSR count). The van der Waals surface area contributed by atoms with Crippen LogP contribution in [0.15, 0.2) is 22.7 Å². The molecule has 5 nitrogen and oxygen atoms in total. The maximum Gasteiger partial charge on any atom is 0.293 e. The van der Waals surface area contributed by atoms with Gasteiger partial charge in [-0.3, -0.25) is 10.1 Å². The van der Waals surface area contributed by atoms with Crippen LogP contribution < -0.4 is 5.32 Å². The van der Waals surface area contributed by atoms with E-state index >= 15 is 0 Å². The summed E-state index contributed by atoms with van der Waals surface area (Å²) in [7, 11) is 0. The molecule has 1 aromatic rings. The summed E-state index contributed by atoms with van der Waals surface area (Å²) >= 11 is 3.26. The van der Waals surface area contributed by atoms with E-state index in [1.54, 1.807) is 6.07 Å². The Hall–Kier alpha value is -1.14. The maximum atomic E-state index is 11.0. The lowest BCUT2D eigenvalue weighted by molar-refractivity contribution is -0.384. The Morgan fingerprint density at radius 2 is 2.16 bits per heavy atom. The van der Waals surface area contributed by atoms with Crippen molar-refractivity contribution in [2.45, 2.75) is 25.8 Å². The number of likely N-dealkylation sites (tertiary alicyclic amines) is 1. The van der Waals surface area contributed by atoms with Gasteiger partial charge >= 0.3 is 0 Å². The predicted octanol–water partition coefficient (Wildman–Crippen LogP) is 3.25. The topological polar surface area (TPSA) is 58.4 Å². The molecule has 0 spiro atoms. The van der Waals surface area contributed by atoms with Crippen LogP contribution >= 0.6 is 15.9 Å². The molecule has 1 heterocycles. The molecule has 1 atom stereocenters. The quantitative estimate of drug-likeness (QED) is 0.666. The molecular formula is C13H18BrN3O2. The number of halogens is 1. The number of nitro benzene ring substituents is 1. The highest BCUT2D eigenvalue weighted by Crippen LogP contribution is 2.28. The average Bonchev–Trinajstić information content (AvgIpc) is 2.83. The number of rotatable bonds is 5. The van der Waals surface area contributed by atoms with Crippen LogP contribution in [-0.2, 0) is 0 Å². The number of anilines is 1. The summed E-state index contributed by atoms with van der Waals surface area (Å²) in [6.45, 7) is 5.25. The molecule has 1 aliphatic heterocycles. The summed E-state index contributed by atoms with van der Waals surface area (Å²) in [5.74, 6) is 0. The van der Waals surface area contributed by atoms with Crippen molar-refractivity contribution in [3.8, 4) is 0 Å². The van der Waals surface area contributed by atoms with Gasteiger partial charge in [-0.2, -0.15) is 0 Å². The SMILES string of the molecule is CC(CN1CCCC1)Nc1ccc(Br)cc1[N+](=O)[O-]. The van der Waals surface area contributed by atoms with Gasteiger partial charge in [0.2, 0.25) is 0 Å². The summed E-state index contributed by atoms with van der Waals surface area (Å²) in [5, 5.41) is 14.3. The number of nitro groups is 1. The molecule has 6 heteroatoms. The van der Waals surface area contributed by atoms with Gasteiger partial charge in [0.15, 0.2) is 0 Å². The standard InChI is InChI=1S/C13H18BrN3O2/c1-10(9-16-6-2-3-7-16)15-12-5-4-11(14)8-13(12)17(18)19/h4-5,8,10,15H,2-3,6-7,9H2,1H3. The van der Waals surface area contributed by atoms with Crippen LogP contribution in [0, 0.1) is 10.1 Å². The molecule has 0 aromatic heterocycles. The molecule has 0 radical (unpaired) electrons. The highest BCUT2D eigenvalue weighted by atomic mass is 79.9. The molecule has 0 amide bonds. The van der Waals surface area contributed by atoms with Crippen molar-refractivity contribution in [1.82, 2.24) is 4.90 Å². The van der Waals surface area contributed by atoms with Crippen LogP contribution in [-0.4, -0.2) is 35.5 Å². The van der Waals surface area contributed by atoms with Gasteiger partial charge in [0.1, 0.15) is 5.69 Å². The second kappa shape index (κ2) is 6.34. The molecule has 0 saturated carbocycles. The first-order valence-corrected chi connectivity index (χ1v) is 7.28. The first kappa shape index (κ1) is 14.3. The zero-order chi connectivity index (χ0) is 13.8. The van der Waals surface area contributed by atoms with Crippen LogP contribution in [0.4, 0.5) is 11.4 Å². The summed E-state index contributed by atoms with van der Waals surface area (Å²) < 4.78 is 0.719. The zero-order valence-electron chi connectivity index (χ0n) is 10.9. The molecule has 0 bridgehead atoms. The normalized spacial score (nSPS) is 17.4. The van der Waals surface area contributed by atoms with Crippen molar-refractivity contribution in [1.29, 1.82) is 0 Å². The molecule has 104 valence electrons. The van der Waals surface area contributed by atoms with Crippen LogP contribution in [0.2, 0.25) is 0 Å². The smallest absolute Gasteiger partial charge is 0.293 e. The molecule has 1 aliphatic rings. The Morgan fingerprint density at radius 1 is 1.47 bits per heavy atom. The molecular weight excluding hydrogens is 310 g/mol. The van der Waals surface area contributed by atoms with E-state index in [0.717, 1.165) is 24.1 Å². The minimum Gasteiger partial charge on any atom is -0.376 e. The van der Waals surface area contributed by atoms with Gasteiger partial charge in [0.25, 0.3) is 5.69 Å². The summed E-state index contributed by atoms with van der Waals surface area (Å²) in [5.41, 5.74) is 0.697. The number of hydrogen-bond acceptors (Lipinski definition) is 4. The second-order valence-electron chi connectivity index (χ2n) is 4.97. The molecule has 1 aromatic carbocycles. The molecule has 1 unspecified atom stereocenters. The number of benzene rings is 1. The maximum absolute atomic E-state index is 11.0. The lowest BCUT2D eigenvalue weighted by atomic mass is 10.2. The van der Waals surface area contributed by atoms with Crippen LogP contribution in [0.25, 0.3) is 0 Å².